The molecule has 0 unspecified atom stereocenters. The number of hydrogen-bond donors (Lipinski definition) is 2. The normalized spacial score (nSPS) is 10.7. The summed E-state index contributed by atoms with van der Waals surface area (Å²) >= 11 is 3.00. The average molecular weight is 371 g/mol. The molecule has 1 amide bonds. The minimum absolute atomic E-state index is 0. The summed E-state index contributed by atoms with van der Waals surface area (Å²) in [6.45, 7) is 4.21. The first-order valence-electron chi connectivity index (χ1n) is 5.91. The van der Waals surface area contributed by atoms with E-state index in [-0.39, 0.29) is 30.7 Å². The maximum atomic E-state index is 12.0. The van der Waals surface area contributed by atoms with Crippen LogP contribution in [0.2, 0.25) is 0 Å². The smallest absolute Gasteiger partial charge is 0.261 e. The lowest BCUT2D eigenvalue weighted by molar-refractivity contribution is 0.0950. The standard InChI is InChI=1S/C12H18N4OS2.2ClH/c1-12(2,13)6-14-9(17)7-5-8-10(18-7)15-11(19-8)16(3)4;;/h5H,6,13H2,1-4H3,(H,14,17);2*1H. The fourth-order valence-electron chi connectivity index (χ4n) is 1.42. The number of nitrogens with one attached hydrogen (secondary N) is 1. The van der Waals surface area contributed by atoms with Gasteiger partial charge < -0.3 is 16.0 Å². The highest BCUT2D eigenvalue weighted by atomic mass is 35.5. The maximum absolute atomic E-state index is 12.0. The van der Waals surface area contributed by atoms with Crippen molar-refractivity contribution in [3.63, 3.8) is 0 Å². The number of carbonyl (C=O) groups excluding carboxylic acids is 1. The summed E-state index contributed by atoms with van der Waals surface area (Å²) in [6, 6.07) is 1.89. The maximum Gasteiger partial charge on any atom is 0.261 e. The number of rotatable bonds is 4. The summed E-state index contributed by atoms with van der Waals surface area (Å²) in [5.41, 5.74) is 5.44. The molecule has 2 aromatic rings. The van der Waals surface area contributed by atoms with Crippen LogP contribution in [0, 0.1) is 0 Å². The molecule has 0 aliphatic heterocycles. The van der Waals surface area contributed by atoms with Gasteiger partial charge in [0.2, 0.25) is 0 Å². The second kappa shape index (κ2) is 7.60. The van der Waals surface area contributed by atoms with Gasteiger partial charge in [-0.2, -0.15) is 0 Å². The van der Waals surface area contributed by atoms with Crippen LogP contribution in [0.15, 0.2) is 6.07 Å². The van der Waals surface area contributed by atoms with Crippen LogP contribution >= 0.6 is 47.5 Å². The number of nitrogens with zero attached hydrogens (tertiary/aromatic N) is 2. The SMILES string of the molecule is CN(C)c1nc2sc(C(=O)NCC(C)(C)N)cc2s1.Cl.Cl. The van der Waals surface area contributed by atoms with E-state index in [1.165, 1.54) is 11.3 Å². The Balaban J connectivity index is 0.00000200. The van der Waals surface area contributed by atoms with E-state index >= 15 is 0 Å². The van der Waals surface area contributed by atoms with E-state index in [1.54, 1.807) is 11.3 Å². The Morgan fingerprint density at radius 3 is 2.48 bits per heavy atom. The lowest BCUT2D eigenvalue weighted by Gasteiger charge is -2.18. The van der Waals surface area contributed by atoms with Crippen LogP contribution in [0.25, 0.3) is 9.53 Å². The zero-order valence-electron chi connectivity index (χ0n) is 12.3. The number of amides is 1. The van der Waals surface area contributed by atoms with Gasteiger partial charge in [-0.3, -0.25) is 4.79 Å². The lowest BCUT2D eigenvalue weighted by Crippen LogP contribution is -2.44. The van der Waals surface area contributed by atoms with Crippen LogP contribution in [-0.2, 0) is 0 Å². The highest BCUT2D eigenvalue weighted by Crippen LogP contribution is 2.33. The first kappa shape index (κ1) is 20.4. The van der Waals surface area contributed by atoms with Crippen molar-refractivity contribution in [2.75, 3.05) is 25.5 Å². The Labute approximate surface area is 144 Å². The molecule has 0 spiro atoms. The van der Waals surface area contributed by atoms with Gasteiger partial charge >= 0.3 is 0 Å². The lowest BCUT2D eigenvalue weighted by atomic mass is 10.1. The number of halogens is 2. The number of thiazole rings is 1. The second-order valence-corrected chi connectivity index (χ2v) is 7.38. The highest BCUT2D eigenvalue weighted by molar-refractivity contribution is 7.29. The summed E-state index contributed by atoms with van der Waals surface area (Å²) in [4.78, 5) is 20.0. The van der Waals surface area contributed by atoms with E-state index in [4.69, 9.17) is 5.73 Å². The molecule has 0 aromatic carbocycles. The third-order valence-electron chi connectivity index (χ3n) is 2.39. The summed E-state index contributed by atoms with van der Waals surface area (Å²) in [6.07, 6.45) is 0. The summed E-state index contributed by atoms with van der Waals surface area (Å²) < 4.78 is 1.05. The molecule has 0 aliphatic carbocycles. The van der Waals surface area contributed by atoms with Crippen molar-refractivity contribution in [2.45, 2.75) is 19.4 Å². The molecule has 0 radical (unpaired) electrons. The molecule has 0 aliphatic rings. The van der Waals surface area contributed by atoms with Gasteiger partial charge in [0, 0.05) is 26.2 Å². The molecule has 9 heteroatoms. The van der Waals surface area contributed by atoms with Crippen molar-refractivity contribution in [3.05, 3.63) is 10.9 Å². The molecule has 0 bridgehead atoms. The largest absolute Gasteiger partial charge is 0.354 e. The van der Waals surface area contributed by atoms with Gasteiger partial charge in [-0.15, -0.1) is 36.2 Å². The molecule has 21 heavy (non-hydrogen) atoms. The molecular weight excluding hydrogens is 351 g/mol. The first-order chi connectivity index (χ1) is 8.76. The number of thiophene rings is 1. The summed E-state index contributed by atoms with van der Waals surface area (Å²) in [7, 11) is 3.92. The number of carbonyl (C=O) groups is 1. The topological polar surface area (TPSA) is 71.2 Å². The van der Waals surface area contributed by atoms with E-state index in [2.05, 4.69) is 10.3 Å². The fraction of sp³-hybridized carbons (Fsp3) is 0.500. The molecule has 120 valence electrons. The first-order valence-corrected chi connectivity index (χ1v) is 7.54. The Hall–Kier alpha value is -0.600. The quantitative estimate of drug-likeness (QED) is 0.867. The molecular formula is C12H20Cl2N4OS2. The monoisotopic (exact) mass is 370 g/mol. The zero-order valence-corrected chi connectivity index (χ0v) is 15.6. The molecule has 0 saturated carbocycles. The van der Waals surface area contributed by atoms with Crippen LogP contribution < -0.4 is 16.0 Å². The van der Waals surface area contributed by atoms with Gasteiger partial charge in [-0.05, 0) is 19.9 Å². The predicted molar refractivity (Wildman–Crippen MR) is 96.9 cm³/mol. The molecule has 0 fully saturated rings. The minimum atomic E-state index is -0.402. The van der Waals surface area contributed by atoms with Crippen LogP contribution in [0.4, 0.5) is 5.13 Å². The number of anilines is 1. The van der Waals surface area contributed by atoms with Gasteiger partial charge in [-0.25, -0.2) is 4.98 Å². The number of hydrogen-bond acceptors (Lipinski definition) is 6. The molecule has 2 heterocycles. The van der Waals surface area contributed by atoms with Gasteiger partial charge in [0.15, 0.2) is 5.13 Å². The summed E-state index contributed by atoms with van der Waals surface area (Å²) in [5, 5.41) is 3.79. The average Bonchev–Trinajstić information content (AvgIpc) is 2.81. The number of nitrogens with two attached hydrogens (primary N) is 1. The second-order valence-electron chi connectivity index (χ2n) is 5.34. The van der Waals surface area contributed by atoms with E-state index in [0.717, 1.165) is 14.7 Å². The van der Waals surface area contributed by atoms with Crippen molar-refractivity contribution >= 4 is 68.1 Å². The minimum Gasteiger partial charge on any atom is -0.354 e. The number of fused-ring (bicyclic) bond motifs is 1. The van der Waals surface area contributed by atoms with Crippen molar-refractivity contribution in [1.29, 1.82) is 0 Å². The number of aromatic nitrogens is 1. The van der Waals surface area contributed by atoms with Gasteiger partial charge in [0.1, 0.15) is 4.83 Å². The third-order valence-corrected chi connectivity index (χ3v) is 4.72. The zero-order chi connectivity index (χ0) is 14.2. The van der Waals surface area contributed by atoms with Crippen molar-refractivity contribution < 1.29 is 4.79 Å². The van der Waals surface area contributed by atoms with Gasteiger partial charge in [0.25, 0.3) is 5.91 Å². The molecule has 5 nitrogen and oxygen atoms in total. The van der Waals surface area contributed by atoms with E-state index in [9.17, 15) is 4.79 Å². The summed E-state index contributed by atoms with van der Waals surface area (Å²) in [5.74, 6) is -0.0832. The van der Waals surface area contributed by atoms with Crippen LogP contribution in [-0.4, -0.2) is 37.1 Å². The van der Waals surface area contributed by atoms with Crippen molar-refractivity contribution in [1.82, 2.24) is 10.3 Å². The van der Waals surface area contributed by atoms with E-state index in [0.29, 0.717) is 11.4 Å². The van der Waals surface area contributed by atoms with Gasteiger partial charge in [-0.1, -0.05) is 11.3 Å². The Morgan fingerprint density at radius 2 is 2.00 bits per heavy atom. The van der Waals surface area contributed by atoms with Gasteiger partial charge in [0.05, 0.1) is 9.58 Å². The van der Waals surface area contributed by atoms with Crippen LogP contribution in [0.5, 0.6) is 0 Å². The third kappa shape index (κ3) is 5.27. The fourth-order valence-corrected chi connectivity index (χ4v) is 3.47. The molecule has 2 aromatic heterocycles. The van der Waals surface area contributed by atoms with Crippen LogP contribution in [0.3, 0.4) is 0 Å². The Morgan fingerprint density at radius 1 is 1.38 bits per heavy atom. The predicted octanol–water partition coefficient (Wildman–Crippen LogP) is 2.73. The van der Waals surface area contributed by atoms with E-state index in [1.807, 2.05) is 38.9 Å². The molecule has 0 saturated heterocycles. The highest BCUT2D eigenvalue weighted by Gasteiger charge is 2.17. The van der Waals surface area contributed by atoms with Crippen molar-refractivity contribution in [2.24, 2.45) is 5.73 Å². The Bertz CT molecular complexity index is 572. The van der Waals surface area contributed by atoms with Crippen LogP contribution in [0.1, 0.15) is 23.5 Å². The Kier molecular flexibility index (Phi) is 7.38. The molecule has 0 atom stereocenters. The van der Waals surface area contributed by atoms with E-state index < -0.39 is 5.54 Å². The molecule has 2 rings (SSSR count). The molecule has 3 N–H and O–H groups in total. The van der Waals surface area contributed by atoms with Crippen molar-refractivity contribution in [3.8, 4) is 0 Å².